The van der Waals surface area contributed by atoms with Gasteiger partial charge in [-0.05, 0) is 6.42 Å². The summed E-state index contributed by atoms with van der Waals surface area (Å²) in [6, 6.07) is 0. The Morgan fingerprint density at radius 3 is 1.94 bits per heavy atom. The molecule has 0 spiro atoms. The molecule has 1 aliphatic rings. The van der Waals surface area contributed by atoms with Crippen LogP contribution in [0.2, 0.25) is 0 Å². The van der Waals surface area contributed by atoms with E-state index in [-0.39, 0.29) is 24.7 Å². The molecule has 0 saturated carbocycles. The van der Waals surface area contributed by atoms with Gasteiger partial charge >= 0.3 is 0 Å². The Morgan fingerprint density at radius 2 is 1.50 bits per heavy atom. The number of carbonyl (C=O) groups excluding carboxylic acids is 3. The van der Waals surface area contributed by atoms with Gasteiger partial charge in [0.05, 0.1) is 0 Å². The van der Waals surface area contributed by atoms with Crippen LogP contribution in [0, 0.1) is 0 Å². The number of aliphatic carboxylic acids is 1. The number of carbonyl (C=O) groups is 3. The van der Waals surface area contributed by atoms with Crippen LogP contribution < -0.4 is 5.11 Å². The number of piperazine rings is 1. The van der Waals surface area contributed by atoms with Gasteiger partial charge in [0, 0.05) is 45.5 Å². The summed E-state index contributed by atoms with van der Waals surface area (Å²) in [5.41, 5.74) is 0. The van der Waals surface area contributed by atoms with Gasteiger partial charge < -0.3 is 19.7 Å². The molecule has 0 unspecified atom stereocenters. The van der Waals surface area contributed by atoms with Crippen molar-refractivity contribution in [1.29, 1.82) is 0 Å². The standard InChI is InChI=1S/C10H16N2O4/c1-8(13)11-4-6-12(7-5-11)9(14)2-3-10(15)16/h2-7H2,1H3,(H,15,16)/p-1. The molecule has 0 aromatic carbocycles. The van der Waals surface area contributed by atoms with Crippen LogP contribution in [0.25, 0.3) is 0 Å². The fourth-order valence-electron chi connectivity index (χ4n) is 1.64. The molecule has 0 aromatic heterocycles. The van der Waals surface area contributed by atoms with Gasteiger partial charge in [0.25, 0.3) is 0 Å². The molecule has 1 fully saturated rings. The van der Waals surface area contributed by atoms with Crippen LogP contribution in [-0.4, -0.2) is 53.8 Å². The minimum Gasteiger partial charge on any atom is -0.550 e. The molecule has 1 aliphatic heterocycles. The Morgan fingerprint density at radius 1 is 1.00 bits per heavy atom. The second kappa shape index (κ2) is 5.48. The highest BCUT2D eigenvalue weighted by molar-refractivity contribution is 5.80. The molecule has 0 bridgehead atoms. The maximum atomic E-state index is 11.5. The van der Waals surface area contributed by atoms with Crippen molar-refractivity contribution in [1.82, 2.24) is 9.80 Å². The molecule has 0 radical (unpaired) electrons. The molecule has 1 saturated heterocycles. The summed E-state index contributed by atoms with van der Waals surface area (Å²) in [6.45, 7) is 3.49. The lowest BCUT2D eigenvalue weighted by atomic mass is 10.2. The lowest BCUT2D eigenvalue weighted by Crippen LogP contribution is -2.50. The molecule has 6 heteroatoms. The van der Waals surface area contributed by atoms with Crippen LogP contribution in [-0.2, 0) is 14.4 Å². The lowest BCUT2D eigenvalue weighted by molar-refractivity contribution is -0.305. The highest BCUT2D eigenvalue weighted by Gasteiger charge is 2.21. The number of hydrogen-bond acceptors (Lipinski definition) is 4. The van der Waals surface area contributed by atoms with Gasteiger partial charge in [-0.15, -0.1) is 0 Å². The average molecular weight is 227 g/mol. The van der Waals surface area contributed by atoms with Crippen molar-refractivity contribution in [3.8, 4) is 0 Å². The Hall–Kier alpha value is -1.59. The van der Waals surface area contributed by atoms with Crippen LogP contribution in [0.3, 0.4) is 0 Å². The SMILES string of the molecule is CC(=O)N1CCN(C(=O)CCC(=O)[O-])CC1. The Balaban J connectivity index is 2.33. The van der Waals surface area contributed by atoms with Gasteiger partial charge in [-0.25, -0.2) is 0 Å². The summed E-state index contributed by atoms with van der Waals surface area (Å²) in [4.78, 5) is 36.0. The summed E-state index contributed by atoms with van der Waals surface area (Å²) in [7, 11) is 0. The van der Waals surface area contributed by atoms with E-state index in [1.807, 2.05) is 0 Å². The van der Waals surface area contributed by atoms with Crippen LogP contribution in [0.1, 0.15) is 19.8 Å². The molecule has 90 valence electrons. The molecule has 0 aromatic rings. The zero-order valence-electron chi connectivity index (χ0n) is 9.27. The monoisotopic (exact) mass is 227 g/mol. The third-order valence-corrected chi connectivity index (χ3v) is 2.62. The van der Waals surface area contributed by atoms with E-state index in [9.17, 15) is 19.5 Å². The van der Waals surface area contributed by atoms with E-state index < -0.39 is 5.97 Å². The van der Waals surface area contributed by atoms with E-state index >= 15 is 0 Å². The lowest BCUT2D eigenvalue weighted by Gasteiger charge is -2.34. The van der Waals surface area contributed by atoms with Gasteiger partial charge in [0.15, 0.2) is 0 Å². The molecule has 0 N–H and O–H groups in total. The van der Waals surface area contributed by atoms with E-state index in [1.165, 1.54) is 6.92 Å². The van der Waals surface area contributed by atoms with Gasteiger partial charge in [0.2, 0.25) is 11.8 Å². The van der Waals surface area contributed by atoms with Gasteiger partial charge in [-0.2, -0.15) is 0 Å². The minimum atomic E-state index is -1.21. The molecule has 0 atom stereocenters. The number of carboxylic acid groups (broad SMARTS) is 1. The average Bonchev–Trinajstić information content (AvgIpc) is 2.26. The smallest absolute Gasteiger partial charge is 0.223 e. The highest BCUT2D eigenvalue weighted by Crippen LogP contribution is 2.05. The van der Waals surface area contributed by atoms with Crippen molar-refractivity contribution in [3.05, 3.63) is 0 Å². The van der Waals surface area contributed by atoms with Gasteiger partial charge in [-0.1, -0.05) is 0 Å². The van der Waals surface area contributed by atoms with Gasteiger partial charge in [-0.3, -0.25) is 9.59 Å². The van der Waals surface area contributed by atoms with Crippen molar-refractivity contribution in [2.45, 2.75) is 19.8 Å². The molecular formula is C10H15N2O4-. The first-order valence-electron chi connectivity index (χ1n) is 5.24. The summed E-state index contributed by atoms with van der Waals surface area (Å²) in [5.74, 6) is -1.40. The first-order valence-corrected chi connectivity index (χ1v) is 5.24. The van der Waals surface area contributed by atoms with Crippen molar-refractivity contribution in [3.63, 3.8) is 0 Å². The van der Waals surface area contributed by atoms with Crippen molar-refractivity contribution < 1.29 is 19.5 Å². The van der Waals surface area contributed by atoms with Gasteiger partial charge in [0.1, 0.15) is 0 Å². The number of nitrogens with zero attached hydrogens (tertiary/aromatic N) is 2. The van der Waals surface area contributed by atoms with E-state index in [0.29, 0.717) is 26.2 Å². The molecular weight excluding hydrogens is 212 g/mol. The number of amides is 2. The highest BCUT2D eigenvalue weighted by atomic mass is 16.4. The Labute approximate surface area is 93.8 Å². The van der Waals surface area contributed by atoms with Crippen LogP contribution in [0.4, 0.5) is 0 Å². The largest absolute Gasteiger partial charge is 0.550 e. The second-order valence-corrected chi connectivity index (χ2v) is 3.76. The maximum Gasteiger partial charge on any atom is 0.223 e. The Kier molecular flexibility index (Phi) is 4.28. The molecule has 6 nitrogen and oxygen atoms in total. The third kappa shape index (κ3) is 3.52. The number of rotatable bonds is 3. The Bertz CT molecular complexity index is 295. The molecule has 16 heavy (non-hydrogen) atoms. The van der Waals surface area contributed by atoms with Crippen molar-refractivity contribution in [2.75, 3.05) is 26.2 Å². The molecule has 1 heterocycles. The minimum absolute atomic E-state index is 0.00170. The summed E-state index contributed by atoms with van der Waals surface area (Å²) < 4.78 is 0. The first kappa shape index (κ1) is 12.5. The predicted molar refractivity (Wildman–Crippen MR) is 53.1 cm³/mol. The normalized spacial score (nSPS) is 16.1. The summed E-state index contributed by atoms with van der Waals surface area (Å²) >= 11 is 0. The van der Waals surface area contributed by atoms with Crippen molar-refractivity contribution >= 4 is 17.8 Å². The van der Waals surface area contributed by atoms with E-state index in [4.69, 9.17) is 0 Å². The topological polar surface area (TPSA) is 80.8 Å². The van der Waals surface area contributed by atoms with Crippen LogP contribution in [0.15, 0.2) is 0 Å². The van der Waals surface area contributed by atoms with E-state index in [2.05, 4.69) is 0 Å². The third-order valence-electron chi connectivity index (χ3n) is 2.62. The zero-order chi connectivity index (χ0) is 12.1. The summed E-state index contributed by atoms with van der Waals surface area (Å²) in [6.07, 6.45) is -0.270. The van der Waals surface area contributed by atoms with Crippen LogP contribution in [0.5, 0.6) is 0 Å². The summed E-state index contributed by atoms with van der Waals surface area (Å²) in [5, 5.41) is 10.2. The quantitative estimate of drug-likeness (QED) is 0.570. The zero-order valence-corrected chi connectivity index (χ0v) is 9.27. The first-order chi connectivity index (χ1) is 7.50. The molecule has 2 amide bonds. The fourth-order valence-corrected chi connectivity index (χ4v) is 1.64. The molecule has 1 rings (SSSR count). The maximum absolute atomic E-state index is 11.5. The number of carboxylic acids is 1. The second-order valence-electron chi connectivity index (χ2n) is 3.76. The predicted octanol–water partition coefficient (Wildman–Crippen LogP) is -1.79. The fraction of sp³-hybridized carbons (Fsp3) is 0.700. The van der Waals surface area contributed by atoms with E-state index in [1.54, 1.807) is 9.80 Å². The number of hydrogen-bond donors (Lipinski definition) is 0. The van der Waals surface area contributed by atoms with E-state index in [0.717, 1.165) is 0 Å². The van der Waals surface area contributed by atoms with Crippen LogP contribution >= 0.6 is 0 Å². The molecule has 0 aliphatic carbocycles. The van der Waals surface area contributed by atoms with Crippen molar-refractivity contribution in [2.24, 2.45) is 0 Å².